The molecule has 0 aliphatic heterocycles. The fourth-order valence-corrected chi connectivity index (χ4v) is 3.80. The minimum Gasteiger partial charge on any atom is -0.396 e. The number of nitrogens with one attached hydrogen (secondary N) is 2. The number of amides is 2. The molecule has 2 aliphatic carbocycles. The highest BCUT2D eigenvalue weighted by Crippen LogP contribution is 2.48. The quantitative estimate of drug-likeness (QED) is 0.598. The van der Waals surface area contributed by atoms with Gasteiger partial charge < -0.3 is 20.5 Å². The van der Waals surface area contributed by atoms with Crippen LogP contribution in [-0.2, 0) is 4.74 Å². The fraction of sp³-hybridized carbons (Fsp3) is 0.938. The Labute approximate surface area is 127 Å². The molecule has 0 aromatic rings. The maximum atomic E-state index is 11.9. The van der Waals surface area contributed by atoms with E-state index >= 15 is 0 Å². The topological polar surface area (TPSA) is 70.6 Å². The molecular weight excluding hydrogens is 268 g/mol. The third-order valence-corrected chi connectivity index (χ3v) is 4.80. The van der Waals surface area contributed by atoms with Crippen LogP contribution in [0.3, 0.4) is 0 Å². The molecule has 122 valence electrons. The Hall–Kier alpha value is -0.810. The van der Waals surface area contributed by atoms with E-state index < -0.39 is 0 Å². The van der Waals surface area contributed by atoms with Gasteiger partial charge in [-0.25, -0.2) is 4.79 Å². The maximum absolute atomic E-state index is 11.9. The highest BCUT2D eigenvalue weighted by atomic mass is 16.5. The Balaban J connectivity index is 1.59. The normalized spacial score (nSPS) is 30.9. The first kappa shape index (κ1) is 16.6. The van der Waals surface area contributed by atoms with E-state index in [2.05, 4.69) is 24.5 Å². The summed E-state index contributed by atoms with van der Waals surface area (Å²) in [5.74, 6) is 1.97. The van der Waals surface area contributed by atoms with Gasteiger partial charge in [-0.15, -0.1) is 0 Å². The molecule has 5 nitrogen and oxygen atoms in total. The van der Waals surface area contributed by atoms with Crippen molar-refractivity contribution in [3.05, 3.63) is 0 Å². The van der Waals surface area contributed by atoms with Gasteiger partial charge in [0.1, 0.15) is 0 Å². The number of carbonyl (C=O) groups is 1. The Bertz CT molecular complexity index is 335. The minimum atomic E-state index is -0.102. The van der Waals surface area contributed by atoms with Gasteiger partial charge in [0.25, 0.3) is 0 Å². The zero-order valence-electron chi connectivity index (χ0n) is 13.3. The molecule has 2 fully saturated rings. The Morgan fingerprint density at radius 3 is 2.81 bits per heavy atom. The molecule has 3 N–H and O–H groups in total. The van der Waals surface area contributed by atoms with E-state index in [-0.39, 0.29) is 24.6 Å². The molecule has 4 atom stereocenters. The van der Waals surface area contributed by atoms with E-state index in [1.165, 1.54) is 19.3 Å². The van der Waals surface area contributed by atoms with Crippen LogP contribution in [0.4, 0.5) is 4.79 Å². The summed E-state index contributed by atoms with van der Waals surface area (Å²) in [5, 5.41) is 15.5. The first-order valence-corrected chi connectivity index (χ1v) is 8.34. The van der Waals surface area contributed by atoms with Crippen LogP contribution in [0.25, 0.3) is 0 Å². The molecule has 21 heavy (non-hydrogen) atoms. The largest absolute Gasteiger partial charge is 0.396 e. The maximum Gasteiger partial charge on any atom is 0.315 e. The standard InChI is InChI=1S/C16H30N2O3/c1-11(2)10-21-7-3-6-17-16(20)18-15-13-5-4-12(8-13)14(15)9-19/h11-15,19H,3-10H2,1-2H3,(H2,17,18,20). The molecule has 0 aromatic heterocycles. The molecule has 2 rings (SSSR count). The lowest BCUT2D eigenvalue weighted by Gasteiger charge is -2.30. The lowest BCUT2D eigenvalue weighted by Crippen LogP contribution is -2.49. The van der Waals surface area contributed by atoms with Crippen molar-refractivity contribution in [1.82, 2.24) is 10.6 Å². The summed E-state index contributed by atoms with van der Waals surface area (Å²) >= 11 is 0. The van der Waals surface area contributed by atoms with E-state index in [0.717, 1.165) is 13.0 Å². The van der Waals surface area contributed by atoms with Crippen LogP contribution in [-0.4, -0.2) is 43.5 Å². The predicted octanol–water partition coefficient (Wildman–Crippen LogP) is 1.76. The summed E-state index contributed by atoms with van der Waals surface area (Å²) in [5.41, 5.74) is 0. The van der Waals surface area contributed by atoms with Gasteiger partial charge in [0.05, 0.1) is 0 Å². The van der Waals surface area contributed by atoms with Crippen molar-refractivity contribution in [2.24, 2.45) is 23.7 Å². The first-order chi connectivity index (χ1) is 10.1. The minimum absolute atomic E-state index is 0.102. The molecule has 0 spiro atoms. The second-order valence-corrected chi connectivity index (χ2v) is 6.93. The lowest BCUT2D eigenvalue weighted by molar-refractivity contribution is 0.108. The first-order valence-electron chi connectivity index (χ1n) is 8.34. The summed E-state index contributed by atoms with van der Waals surface area (Å²) in [4.78, 5) is 11.9. The summed E-state index contributed by atoms with van der Waals surface area (Å²) in [7, 11) is 0. The number of rotatable bonds is 8. The third kappa shape index (κ3) is 4.58. The van der Waals surface area contributed by atoms with Crippen LogP contribution >= 0.6 is 0 Å². The predicted molar refractivity (Wildman–Crippen MR) is 82.0 cm³/mol. The van der Waals surface area contributed by atoms with E-state index in [4.69, 9.17) is 4.74 Å². The molecule has 2 aliphatic rings. The monoisotopic (exact) mass is 298 g/mol. The number of aliphatic hydroxyl groups excluding tert-OH is 1. The van der Waals surface area contributed by atoms with Crippen LogP contribution < -0.4 is 10.6 Å². The second-order valence-electron chi connectivity index (χ2n) is 6.93. The number of urea groups is 1. The molecular formula is C16H30N2O3. The van der Waals surface area contributed by atoms with Crippen LogP contribution in [0, 0.1) is 23.7 Å². The molecule has 5 heteroatoms. The van der Waals surface area contributed by atoms with E-state index in [0.29, 0.717) is 30.9 Å². The number of ether oxygens (including phenoxy) is 1. The van der Waals surface area contributed by atoms with Gasteiger partial charge in [0, 0.05) is 38.3 Å². The van der Waals surface area contributed by atoms with Crippen LogP contribution in [0.15, 0.2) is 0 Å². The molecule has 0 heterocycles. The van der Waals surface area contributed by atoms with Gasteiger partial charge in [-0.1, -0.05) is 13.8 Å². The van der Waals surface area contributed by atoms with Gasteiger partial charge in [0.2, 0.25) is 0 Å². The summed E-state index contributed by atoms with van der Waals surface area (Å²) < 4.78 is 5.48. The average molecular weight is 298 g/mol. The van der Waals surface area contributed by atoms with Crippen LogP contribution in [0.2, 0.25) is 0 Å². The van der Waals surface area contributed by atoms with Gasteiger partial charge in [-0.3, -0.25) is 0 Å². The van der Waals surface area contributed by atoms with E-state index in [1.807, 2.05) is 0 Å². The van der Waals surface area contributed by atoms with Gasteiger partial charge in [0.15, 0.2) is 0 Å². The average Bonchev–Trinajstić information content (AvgIpc) is 3.03. The molecule has 0 radical (unpaired) electrons. The zero-order valence-corrected chi connectivity index (χ0v) is 13.3. The number of hydrogen-bond acceptors (Lipinski definition) is 3. The van der Waals surface area contributed by atoms with Gasteiger partial charge in [-0.05, 0) is 43.4 Å². The van der Waals surface area contributed by atoms with Crippen molar-refractivity contribution in [1.29, 1.82) is 0 Å². The van der Waals surface area contributed by atoms with Crippen LogP contribution in [0.1, 0.15) is 39.5 Å². The highest BCUT2D eigenvalue weighted by Gasteiger charge is 2.47. The highest BCUT2D eigenvalue weighted by molar-refractivity contribution is 5.74. The van der Waals surface area contributed by atoms with Crippen molar-refractivity contribution in [3.8, 4) is 0 Å². The molecule has 2 amide bonds. The number of aliphatic hydroxyl groups is 1. The zero-order chi connectivity index (χ0) is 15.2. The summed E-state index contributed by atoms with van der Waals surface area (Å²) in [6.07, 6.45) is 4.40. The Morgan fingerprint density at radius 2 is 2.10 bits per heavy atom. The van der Waals surface area contributed by atoms with Gasteiger partial charge in [-0.2, -0.15) is 0 Å². The Morgan fingerprint density at radius 1 is 1.33 bits per heavy atom. The molecule has 0 saturated heterocycles. The summed E-state index contributed by atoms with van der Waals surface area (Å²) in [6.45, 7) is 6.53. The molecule has 2 bridgehead atoms. The molecule has 2 saturated carbocycles. The molecule has 0 aromatic carbocycles. The lowest BCUT2D eigenvalue weighted by atomic mass is 9.85. The van der Waals surface area contributed by atoms with Crippen molar-refractivity contribution in [2.45, 2.75) is 45.6 Å². The smallest absolute Gasteiger partial charge is 0.315 e. The fourth-order valence-electron chi connectivity index (χ4n) is 3.80. The summed E-state index contributed by atoms with van der Waals surface area (Å²) in [6, 6.07) is 0.0563. The van der Waals surface area contributed by atoms with E-state index in [9.17, 15) is 9.90 Å². The van der Waals surface area contributed by atoms with Crippen molar-refractivity contribution < 1.29 is 14.6 Å². The third-order valence-electron chi connectivity index (χ3n) is 4.80. The van der Waals surface area contributed by atoms with Crippen LogP contribution in [0.5, 0.6) is 0 Å². The van der Waals surface area contributed by atoms with Gasteiger partial charge >= 0.3 is 6.03 Å². The SMILES string of the molecule is CC(C)COCCCNC(=O)NC1C2CCC(C2)C1CO. The van der Waals surface area contributed by atoms with Crippen molar-refractivity contribution in [2.75, 3.05) is 26.4 Å². The number of fused-ring (bicyclic) bond motifs is 2. The molecule has 4 unspecified atom stereocenters. The van der Waals surface area contributed by atoms with Crippen molar-refractivity contribution in [3.63, 3.8) is 0 Å². The van der Waals surface area contributed by atoms with Crippen molar-refractivity contribution >= 4 is 6.03 Å². The number of hydrogen-bond donors (Lipinski definition) is 3. The number of carbonyl (C=O) groups excluding carboxylic acids is 1. The second kappa shape index (κ2) is 7.99. The Kier molecular flexibility index (Phi) is 6.30. The van der Waals surface area contributed by atoms with E-state index in [1.54, 1.807) is 0 Å².